The van der Waals surface area contributed by atoms with Crippen LogP contribution in [0.5, 0.6) is 5.75 Å². The quantitative estimate of drug-likeness (QED) is 0.816. The Labute approximate surface area is 131 Å². The maximum absolute atomic E-state index is 12.3. The Balaban J connectivity index is 2.02. The Morgan fingerprint density at radius 1 is 1.45 bits per heavy atom. The molecular formula is C16H24N2O4. The van der Waals surface area contributed by atoms with Crippen molar-refractivity contribution < 1.29 is 19.4 Å². The number of urea groups is 1. The van der Waals surface area contributed by atoms with E-state index >= 15 is 0 Å². The highest BCUT2D eigenvalue weighted by Crippen LogP contribution is 2.26. The Kier molecular flexibility index (Phi) is 6.03. The highest BCUT2D eigenvalue weighted by Gasteiger charge is 2.22. The van der Waals surface area contributed by atoms with Gasteiger partial charge in [0.15, 0.2) is 0 Å². The van der Waals surface area contributed by atoms with Gasteiger partial charge >= 0.3 is 6.03 Å². The van der Waals surface area contributed by atoms with Crippen LogP contribution in [0.1, 0.15) is 18.4 Å². The second-order valence-electron chi connectivity index (χ2n) is 5.51. The summed E-state index contributed by atoms with van der Waals surface area (Å²) in [7, 11) is 1.62. The molecule has 6 heteroatoms. The van der Waals surface area contributed by atoms with Gasteiger partial charge in [0.2, 0.25) is 0 Å². The number of aryl methyl sites for hydroxylation is 1. The zero-order valence-electron chi connectivity index (χ0n) is 13.2. The number of amides is 2. The summed E-state index contributed by atoms with van der Waals surface area (Å²) in [5.41, 5.74) is 1.69. The SMILES string of the molecule is COCCOc1cc(C)ccc1NC(=O)N1CCCC(O)C1. The van der Waals surface area contributed by atoms with E-state index in [-0.39, 0.29) is 6.03 Å². The monoisotopic (exact) mass is 308 g/mol. The summed E-state index contributed by atoms with van der Waals surface area (Å²) < 4.78 is 10.6. The van der Waals surface area contributed by atoms with Crippen molar-refractivity contribution in [3.05, 3.63) is 23.8 Å². The van der Waals surface area contributed by atoms with Crippen molar-refractivity contribution in [3.63, 3.8) is 0 Å². The third-order valence-corrected chi connectivity index (χ3v) is 3.61. The van der Waals surface area contributed by atoms with Gasteiger partial charge in [-0.3, -0.25) is 0 Å². The molecule has 0 saturated carbocycles. The topological polar surface area (TPSA) is 71.0 Å². The van der Waals surface area contributed by atoms with Gasteiger partial charge in [-0.05, 0) is 37.5 Å². The predicted molar refractivity (Wildman–Crippen MR) is 84.4 cm³/mol. The molecule has 1 aromatic rings. The first-order valence-electron chi connectivity index (χ1n) is 7.56. The molecule has 0 bridgehead atoms. The number of likely N-dealkylation sites (tertiary alicyclic amines) is 1. The number of hydrogen-bond donors (Lipinski definition) is 2. The molecular weight excluding hydrogens is 284 g/mol. The van der Waals surface area contributed by atoms with E-state index in [1.807, 2.05) is 25.1 Å². The molecule has 122 valence electrons. The molecule has 2 rings (SSSR count). The molecule has 0 spiro atoms. The summed E-state index contributed by atoms with van der Waals surface area (Å²) in [6, 6.07) is 5.43. The van der Waals surface area contributed by atoms with Crippen molar-refractivity contribution in [2.24, 2.45) is 0 Å². The minimum atomic E-state index is -0.435. The van der Waals surface area contributed by atoms with E-state index in [0.29, 0.717) is 37.7 Å². The van der Waals surface area contributed by atoms with E-state index in [4.69, 9.17) is 9.47 Å². The molecule has 0 aliphatic carbocycles. The second-order valence-corrected chi connectivity index (χ2v) is 5.51. The molecule has 2 N–H and O–H groups in total. The van der Waals surface area contributed by atoms with Crippen molar-refractivity contribution in [1.29, 1.82) is 0 Å². The standard InChI is InChI=1S/C16H24N2O4/c1-12-5-6-14(15(10-12)22-9-8-21-2)17-16(20)18-7-3-4-13(19)11-18/h5-6,10,13,19H,3-4,7-9,11H2,1-2H3,(H,17,20). The van der Waals surface area contributed by atoms with Crippen LogP contribution in [0.2, 0.25) is 0 Å². The molecule has 0 aromatic heterocycles. The summed E-state index contributed by atoms with van der Waals surface area (Å²) in [6.07, 6.45) is 1.13. The average Bonchev–Trinajstić information content (AvgIpc) is 2.50. The van der Waals surface area contributed by atoms with E-state index in [2.05, 4.69) is 5.32 Å². The number of piperidine rings is 1. The van der Waals surface area contributed by atoms with Crippen LogP contribution in [0.4, 0.5) is 10.5 Å². The molecule has 1 unspecified atom stereocenters. The number of rotatable bonds is 5. The minimum absolute atomic E-state index is 0.209. The molecule has 1 aliphatic rings. The smallest absolute Gasteiger partial charge is 0.322 e. The van der Waals surface area contributed by atoms with Gasteiger partial charge in [-0.1, -0.05) is 6.07 Å². The first-order valence-corrected chi connectivity index (χ1v) is 7.56. The first-order chi connectivity index (χ1) is 10.6. The maximum atomic E-state index is 12.3. The van der Waals surface area contributed by atoms with E-state index in [1.54, 1.807) is 12.0 Å². The molecule has 1 aromatic carbocycles. The first kappa shape index (κ1) is 16.6. The van der Waals surface area contributed by atoms with Crippen molar-refractivity contribution in [3.8, 4) is 5.75 Å². The molecule has 22 heavy (non-hydrogen) atoms. The number of β-amino-alcohol motifs (C(OH)–C–C–N with tert-alkyl or cyclic N) is 1. The zero-order chi connectivity index (χ0) is 15.9. The van der Waals surface area contributed by atoms with E-state index in [1.165, 1.54) is 0 Å². The van der Waals surface area contributed by atoms with Gasteiger partial charge in [-0.2, -0.15) is 0 Å². The van der Waals surface area contributed by atoms with E-state index < -0.39 is 6.10 Å². The summed E-state index contributed by atoms with van der Waals surface area (Å²) in [5, 5.41) is 12.5. The fraction of sp³-hybridized carbons (Fsp3) is 0.562. The molecule has 0 radical (unpaired) electrons. The number of ether oxygens (including phenoxy) is 2. The number of benzene rings is 1. The van der Waals surface area contributed by atoms with Crippen LogP contribution < -0.4 is 10.1 Å². The zero-order valence-corrected chi connectivity index (χ0v) is 13.2. The highest BCUT2D eigenvalue weighted by molar-refractivity contribution is 5.91. The number of carbonyl (C=O) groups excluding carboxylic acids is 1. The number of methoxy groups -OCH3 is 1. The van der Waals surface area contributed by atoms with Crippen molar-refractivity contribution in [2.75, 3.05) is 38.7 Å². The van der Waals surface area contributed by atoms with Gasteiger partial charge in [0.25, 0.3) is 0 Å². The Bertz CT molecular complexity index is 507. The van der Waals surface area contributed by atoms with Crippen LogP contribution in [0.15, 0.2) is 18.2 Å². The van der Waals surface area contributed by atoms with E-state index in [9.17, 15) is 9.90 Å². The highest BCUT2D eigenvalue weighted by atomic mass is 16.5. The molecule has 6 nitrogen and oxygen atoms in total. The number of aliphatic hydroxyl groups excluding tert-OH is 1. The number of anilines is 1. The third kappa shape index (κ3) is 4.61. The van der Waals surface area contributed by atoms with Crippen LogP contribution in [0.25, 0.3) is 0 Å². The maximum Gasteiger partial charge on any atom is 0.322 e. The Morgan fingerprint density at radius 2 is 2.27 bits per heavy atom. The van der Waals surface area contributed by atoms with Crippen LogP contribution in [0.3, 0.4) is 0 Å². The van der Waals surface area contributed by atoms with Crippen LogP contribution >= 0.6 is 0 Å². The van der Waals surface area contributed by atoms with Gasteiger partial charge in [0, 0.05) is 20.2 Å². The van der Waals surface area contributed by atoms with Crippen LogP contribution in [-0.2, 0) is 4.74 Å². The molecule has 1 fully saturated rings. The largest absolute Gasteiger partial charge is 0.489 e. The Morgan fingerprint density at radius 3 is 3.00 bits per heavy atom. The van der Waals surface area contributed by atoms with Crippen molar-refractivity contribution >= 4 is 11.7 Å². The Hall–Kier alpha value is -1.79. The summed E-state index contributed by atoms with van der Waals surface area (Å²) in [5.74, 6) is 0.628. The number of aliphatic hydroxyl groups is 1. The minimum Gasteiger partial charge on any atom is -0.489 e. The van der Waals surface area contributed by atoms with Gasteiger partial charge in [0.05, 0.1) is 18.4 Å². The summed E-state index contributed by atoms with van der Waals surface area (Å²) >= 11 is 0. The van der Waals surface area contributed by atoms with Gasteiger partial charge < -0.3 is 24.8 Å². The van der Waals surface area contributed by atoms with Gasteiger partial charge in [-0.25, -0.2) is 4.79 Å². The normalized spacial score (nSPS) is 18.1. The molecule has 1 atom stereocenters. The van der Waals surface area contributed by atoms with Gasteiger partial charge in [0.1, 0.15) is 12.4 Å². The number of nitrogens with zero attached hydrogens (tertiary/aromatic N) is 1. The molecule has 2 amide bonds. The molecule has 1 aliphatic heterocycles. The fourth-order valence-corrected chi connectivity index (χ4v) is 2.42. The lowest BCUT2D eigenvalue weighted by atomic mass is 10.1. The fourth-order valence-electron chi connectivity index (χ4n) is 2.42. The summed E-state index contributed by atoms with van der Waals surface area (Å²) in [4.78, 5) is 13.9. The van der Waals surface area contributed by atoms with E-state index in [0.717, 1.165) is 18.4 Å². The number of carbonyl (C=O) groups is 1. The third-order valence-electron chi connectivity index (χ3n) is 3.61. The second kappa shape index (κ2) is 8.00. The predicted octanol–water partition coefficient (Wildman–Crippen LogP) is 2.01. The average molecular weight is 308 g/mol. The lowest BCUT2D eigenvalue weighted by Gasteiger charge is -2.30. The van der Waals surface area contributed by atoms with Gasteiger partial charge in [-0.15, -0.1) is 0 Å². The lowest BCUT2D eigenvalue weighted by molar-refractivity contribution is 0.0883. The number of hydrogen-bond acceptors (Lipinski definition) is 4. The van der Waals surface area contributed by atoms with Crippen LogP contribution in [-0.4, -0.2) is 55.6 Å². The molecule has 1 saturated heterocycles. The molecule has 1 heterocycles. The van der Waals surface area contributed by atoms with Crippen LogP contribution in [0, 0.1) is 6.92 Å². The van der Waals surface area contributed by atoms with Crippen molar-refractivity contribution in [2.45, 2.75) is 25.9 Å². The van der Waals surface area contributed by atoms with Crippen molar-refractivity contribution in [1.82, 2.24) is 4.90 Å². The summed E-state index contributed by atoms with van der Waals surface area (Å²) in [6.45, 7) is 3.91. The number of nitrogens with one attached hydrogen (secondary N) is 1. The lowest BCUT2D eigenvalue weighted by Crippen LogP contribution is -2.44.